The zero-order chi connectivity index (χ0) is 21.4. The van der Waals surface area contributed by atoms with Crippen molar-refractivity contribution in [1.29, 1.82) is 0 Å². The first-order valence-electron chi connectivity index (χ1n) is 8.59. The fraction of sp³-hybridized carbons (Fsp3) is 0.0476. The van der Waals surface area contributed by atoms with Gasteiger partial charge >= 0.3 is 0 Å². The van der Waals surface area contributed by atoms with Gasteiger partial charge in [0.2, 0.25) is 5.89 Å². The molecule has 0 spiro atoms. The van der Waals surface area contributed by atoms with Gasteiger partial charge in [0.05, 0.1) is 21.6 Å². The number of aromatic hydroxyl groups is 1. The number of hydrogen-bond donors (Lipinski definition) is 2. The number of carbonyl (C=O) groups excluding carboxylic acids is 1. The van der Waals surface area contributed by atoms with Crippen molar-refractivity contribution in [2.45, 2.75) is 0 Å². The van der Waals surface area contributed by atoms with Crippen LogP contribution in [0, 0.1) is 0 Å². The highest BCUT2D eigenvalue weighted by Crippen LogP contribution is 2.34. The number of phenols is 1. The second-order valence-electron chi connectivity index (χ2n) is 6.29. The Balaban J connectivity index is 1.64. The number of phenolic OH excluding ortho intramolecular Hbond substituents is 1. The van der Waals surface area contributed by atoms with E-state index in [1.165, 1.54) is 7.11 Å². The molecule has 152 valence electrons. The number of nitrogens with one attached hydrogen (secondary N) is 1. The molecule has 9 heteroatoms. The maximum Gasteiger partial charge on any atom is 0.259 e. The summed E-state index contributed by atoms with van der Waals surface area (Å²) in [4.78, 5) is 17.3. The van der Waals surface area contributed by atoms with Crippen LogP contribution in [0.15, 0.2) is 66.4 Å². The number of rotatable bonds is 4. The van der Waals surface area contributed by atoms with Gasteiger partial charge in [0, 0.05) is 15.7 Å². The molecule has 30 heavy (non-hydrogen) atoms. The molecule has 0 fully saturated rings. The number of benzene rings is 3. The minimum absolute atomic E-state index is 0.134. The van der Waals surface area contributed by atoms with Crippen LogP contribution in [0.4, 0.5) is 5.69 Å². The largest absolute Gasteiger partial charge is 0.507 e. The molecule has 6 nitrogen and oxygen atoms in total. The van der Waals surface area contributed by atoms with Crippen LogP contribution >= 0.6 is 47.8 Å². The summed E-state index contributed by atoms with van der Waals surface area (Å²) in [5.74, 6) is 0.666. The molecule has 0 aliphatic heterocycles. The smallest absolute Gasteiger partial charge is 0.259 e. The zero-order valence-electron chi connectivity index (χ0n) is 15.4. The number of methoxy groups -OCH3 is 1. The lowest BCUT2D eigenvalue weighted by Crippen LogP contribution is -2.13. The van der Waals surface area contributed by atoms with Gasteiger partial charge < -0.3 is 19.6 Å². The summed E-state index contributed by atoms with van der Waals surface area (Å²) in [5.41, 5.74) is 2.83. The molecule has 1 aromatic heterocycles. The van der Waals surface area contributed by atoms with Crippen LogP contribution in [-0.4, -0.2) is 23.1 Å². The van der Waals surface area contributed by atoms with E-state index in [0.29, 0.717) is 48.5 Å². The Hall–Kier alpha value is -2.36. The number of ether oxygens (including phenoxy) is 1. The lowest BCUT2D eigenvalue weighted by atomic mass is 10.2. The number of anilines is 1. The van der Waals surface area contributed by atoms with Crippen molar-refractivity contribution in [3.05, 3.63) is 67.5 Å². The third-order valence-electron chi connectivity index (χ3n) is 4.30. The summed E-state index contributed by atoms with van der Waals surface area (Å²) < 4.78 is 13.1. The maximum absolute atomic E-state index is 12.8. The van der Waals surface area contributed by atoms with Crippen LogP contribution in [-0.2, 0) is 0 Å². The van der Waals surface area contributed by atoms with Crippen molar-refractivity contribution in [3.8, 4) is 23.0 Å². The van der Waals surface area contributed by atoms with E-state index in [4.69, 9.17) is 9.15 Å². The van der Waals surface area contributed by atoms with Crippen molar-refractivity contribution >= 4 is 70.5 Å². The highest BCUT2D eigenvalue weighted by atomic mass is 79.9. The SMILES string of the molecule is COc1c(Br)cc(Br)cc1C(=O)Nc1ccc2oc(-c3ccc(O)c(Br)c3)nc2c1. The second kappa shape index (κ2) is 8.41. The van der Waals surface area contributed by atoms with E-state index in [2.05, 4.69) is 58.1 Å². The molecule has 4 rings (SSSR count). The molecule has 0 unspecified atom stereocenters. The minimum Gasteiger partial charge on any atom is -0.507 e. The molecule has 1 amide bonds. The molecule has 0 radical (unpaired) electrons. The summed E-state index contributed by atoms with van der Waals surface area (Å²) in [6.45, 7) is 0. The normalized spacial score (nSPS) is 10.9. The van der Waals surface area contributed by atoms with Gasteiger partial charge in [-0.05, 0) is 80.4 Å². The van der Waals surface area contributed by atoms with Crippen molar-refractivity contribution in [3.63, 3.8) is 0 Å². The molecule has 0 saturated heterocycles. The predicted octanol–water partition coefficient (Wildman–Crippen LogP) is 6.75. The predicted molar refractivity (Wildman–Crippen MR) is 125 cm³/mol. The Bertz CT molecular complexity index is 1290. The Morgan fingerprint density at radius 1 is 1.07 bits per heavy atom. The summed E-state index contributed by atoms with van der Waals surface area (Å²) >= 11 is 10.1. The third kappa shape index (κ3) is 4.10. The minimum atomic E-state index is -0.320. The molecule has 0 aliphatic carbocycles. The maximum atomic E-state index is 12.8. The summed E-state index contributed by atoms with van der Waals surface area (Å²) in [6.07, 6.45) is 0. The second-order valence-corrected chi connectivity index (χ2v) is 8.91. The average molecular weight is 597 g/mol. The van der Waals surface area contributed by atoms with Crippen LogP contribution in [0.5, 0.6) is 11.5 Å². The quantitative estimate of drug-likeness (QED) is 0.272. The molecule has 0 aliphatic rings. The van der Waals surface area contributed by atoms with Crippen LogP contribution in [0.3, 0.4) is 0 Å². The fourth-order valence-electron chi connectivity index (χ4n) is 2.90. The number of oxazole rings is 1. The van der Waals surface area contributed by atoms with E-state index in [9.17, 15) is 9.90 Å². The molecule has 4 aromatic rings. The van der Waals surface area contributed by atoms with Crippen LogP contribution in [0.25, 0.3) is 22.6 Å². The van der Waals surface area contributed by atoms with Gasteiger partial charge in [-0.15, -0.1) is 0 Å². The number of aromatic nitrogens is 1. The fourth-order valence-corrected chi connectivity index (χ4v) is 4.67. The number of hydrogen-bond acceptors (Lipinski definition) is 5. The van der Waals surface area contributed by atoms with E-state index in [1.807, 2.05) is 0 Å². The molecule has 0 atom stereocenters. The molecule has 3 aromatic carbocycles. The van der Waals surface area contributed by atoms with E-state index in [-0.39, 0.29) is 11.7 Å². The highest BCUT2D eigenvalue weighted by molar-refractivity contribution is 9.11. The molecular weight excluding hydrogens is 584 g/mol. The van der Waals surface area contributed by atoms with Gasteiger partial charge in [0.1, 0.15) is 17.0 Å². The van der Waals surface area contributed by atoms with Crippen molar-refractivity contribution < 1.29 is 19.1 Å². The first kappa shape index (κ1) is 20.9. The van der Waals surface area contributed by atoms with Gasteiger partial charge in [-0.3, -0.25) is 4.79 Å². The van der Waals surface area contributed by atoms with Gasteiger partial charge in [-0.25, -0.2) is 4.98 Å². The Labute approximate surface area is 196 Å². The van der Waals surface area contributed by atoms with Crippen LogP contribution in [0.1, 0.15) is 10.4 Å². The van der Waals surface area contributed by atoms with Gasteiger partial charge in [-0.1, -0.05) is 15.9 Å². The Kier molecular flexibility index (Phi) is 5.86. The van der Waals surface area contributed by atoms with E-state index >= 15 is 0 Å². The topological polar surface area (TPSA) is 84.6 Å². The zero-order valence-corrected chi connectivity index (χ0v) is 20.1. The highest BCUT2D eigenvalue weighted by Gasteiger charge is 2.17. The van der Waals surface area contributed by atoms with Crippen molar-refractivity contribution in [1.82, 2.24) is 4.98 Å². The summed E-state index contributed by atoms with van der Waals surface area (Å²) in [6, 6.07) is 13.7. The lowest BCUT2D eigenvalue weighted by molar-refractivity contribution is 0.102. The summed E-state index contributed by atoms with van der Waals surface area (Å²) in [5, 5.41) is 12.5. The number of halogens is 3. The number of amides is 1. The van der Waals surface area contributed by atoms with E-state index in [1.54, 1.807) is 48.5 Å². The first-order valence-corrected chi connectivity index (χ1v) is 11.0. The number of nitrogens with zero attached hydrogens (tertiary/aromatic N) is 1. The Morgan fingerprint density at radius 3 is 2.60 bits per heavy atom. The molecule has 0 bridgehead atoms. The van der Waals surface area contributed by atoms with Gasteiger partial charge in [0.15, 0.2) is 5.58 Å². The van der Waals surface area contributed by atoms with Crippen molar-refractivity contribution in [2.75, 3.05) is 12.4 Å². The average Bonchev–Trinajstić information content (AvgIpc) is 3.13. The van der Waals surface area contributed by atoms with Gasteiger partial charge in [0.25, 0.3) is 5.91 Å². The van der Waals surface area contributed by atoms with E-state index < -0.39 is 0 Å². The lowest BCUT2D eigenvalue weighted by Gasteiger charge is -2.11. The van der Waals surface area contributed by atoms with Crippen LogP contribution < -0.4 is 10.1 Å². The van der Waals surface area contributed by atoms with Crippen molar-refractivity contribution in [2.24, 2.45) is 0 Å². The number of fused-ring (bicyclic) bond motifs is 1. The molecule has 0 saturated carbocycles. The molecule has 1 heterocycles. The Morgan fingerprint density at radius 2 is 1.87 bits per heavy atom. The van der Waals surface area contributed by atoms with Gasteiger partial charge in [-0.2, -0.15) is 0 Å². The number of carbonyl (C=O) groups is 1. The third-order valence-corrected chi connectivity index (χ3v) is 5.98. The van der Waals surface area contributed by atoms with Crippen LogP contribution in [0.2, 0.25) is 0 Å². The molecule has 2 N–H and O–H groups in total. The first-order chi connectivity index (χ1) is 14.4. The summed E-state index contributed by atoms with van der Waals surface area (Å²) in [7, 11) is 1.51. The molecular formula is C21H13Br3N2O4. The van der Waals surface area contributed by atoms with E-state index in [0.717, 1.165) is 4.47 Å². The monoisotopic (exact) mass is 594 g/mol. The standard InChI is InChI=1S/C21H13Br3N2O4/c1-29-19-13(7-11(22)8-15(19)24)20(28)25-12-3-5-18-16(9-12)26-21(30-18)10-2-4-17(27)14(23)6-10/h2-9,27H,1H3,(H,25,28).